The van der Waals surface area contributed by atoms with Crippen LogP contribution in [0.3, 0.4) is 0 Å². The van der Waals surface area contributed by atoms with Gasteiger partial charge in [-0.25, -0.2) is 15.0 Å². The fourth-order valence-corrected chi connectivity index (χ4v) is 3.83. The van der Waals surface area contributed by atoms with Gasteiger partial charge in [0.2, 0.25) is 0 Å². The molecule has 25 heavy (non-hydrogen) atoms. The SMILES string of the molecule is O[C@H]1CCN(c2cc(C3CC(Nc4ncc(Cl)cc4Cl)C3)ncn2)C1. The van der Waals surface area contributed by atoms with E-state index in [1.165, 1.54) is 0 Å². The van der Waals surface area contributed by atoms with Crippen molar-refractivity contribution in [1.82, 2.24) is 15.0 Å². The molecule has 2 aromatic heterocycles. The van der Waals surface area contributed by atoms with Crippen LogP contribution in [0.4, 0.5) is 11.6 Å². The number of hydrogen-bond acceptors (Lipinski definition) is 6. The van der Waals surface area contributed by atoms with Crippen molar-refractivity contribution in [2.75, 3.05) is 23.3 Å². The molecule has 0 amide bonds. The Labute approximate surface area is 156 Å². The molecule has 0 aromatic carbocycles. The van der Waals surface area contributed by atoms with Gasteiger partial charge in [0.25, 0.3) is 0 Å². The predicted molar refractivity (Wildman–Crippen MR) is 98.5 cm³/mol. The number of halogens is 2. The second-order valence-corrected chi connectivity index (χ2v) is 7.53. The molecule has 6 nitrogen and oxygen atoms in total. The van der Waals surface area contributed by atoms with Gasteiger partial charge in [-0.2, -0.15) is 0 Å². The van der Waals surface area contributed by atoms with E-state index >= 15 is 0 Å². The summed E-state index contributed by atoms with van der Waals surface area (Å²) >= 11 is 12.0. The Morgan fingerprint density at radius 3 is 2.72 bits per heavy atom. The third-order valence-electron chi connectivity index (χ3n) is 4.87. The molecule has 0 unspecified atom stereocenters. The van der Waals surface area contributed by atoms with Gasteiger partial charge in [-0.05, 0) is 25.3 Å². The van der Waals surface area contributed by atoms with Gasteiger partial charge in [0, 0.05) is 43.0 Å². The van der Waals surface area contributed by atoms with Crippen LogP contribution in [-0.4, -0.2) is 45.3 Å². The zero-order valence-corrected chi connectivity index (χ0v) is 15.1. The number of aromatic nitrogens is 3. The van der Waals surface area contributed by atoms with Crippen LogP contribution in [0.5, 0.6) is 0 Å². The largest absolute Gasteiger partial charge is 0.391 e. The molecule has 1 saturated carbocycles. The fourth-order valence-electron chi connectivity index (χ4n) is 3.40. The quantitative estimate of drug-likeness (QED) is 0.849. The molecule has 8 heteroatoms. The molecule has 4 rings (SSSR count). The number of anilines is 2. The molecule has 1 aliphatic heterocycles. The summed E-state index contributed by atoms with van der Waals surface area (Å²) in [5.41, 5.74) is 1.06. The van der Waals surface area contributed by atoms with E-state index in [0.29, 0.717) is 34.4 Å². The summed E-state index contributed by atoms with van der Waals surface area (Å²) in [4.78, 5) is 15.1. The summed E-state index contributed by atoms with van der Waals surface area (Å²) in [7, 11) is 0. The summed E-state index contributed by atoms with van der Waals surface area (Å²) in [6.07, 6.45) is 5.69. The van der Waals surface area contributed by atoms with Crippen LogP contribution < -0.4 is 10.2 Å². The van der Waals surface area contributed by atoms with Gasteiger partial charge in [0.1, 0.15) is 18.0 Å². The number of pyridine rings is 1. The van der Waals surface area contributed by atoms with Gasteiger partial charge < -0.3 is 15.3 Å². The van der Waals surface area contributed by atoms with Gasteiger partial charge in [0.15, 0.2) is 0 Å². The van der Waals surface area contributed by atoms with Crippen molar-refractivity contribution in [2.45, 2.75) is 37.3 Å². The molecule has 132 valence electrons. The molecule has 2 fully saturated rings. The van der Waals surface area contributed by atoms with Crippen LogP contribution in [0.15, 0.2) is 24.7 Å². The van der Waals surface area contributed by atoms with Crippen molar-refractivity contribution in [3.8, 4) is 0 Å². The van der Waals surface area contributed by atoms with Crippen molar-refractivity contribution in [1.29, 1.82) is 0 Å². The first-order valence-electron chi connectivity index (χ1n) is 8.41. The van der Waals surface area contributed by atoms with E-state index in [-0.39, 0.29) is 6.10 Å². The fraction of sp³-hybridized carbons (Fsp3) is 0.471. The van der Waals surface area contributed by atoms with Crippen molar-refractivity contribution in [3.05, 3.63) is 40.4 Å². The second kappa shape index (κ2) is 6.94. The average Bonchev–Trinajstić information content (AvgIpc) is 2.99. The number of hydrogen-bond donors (Lipinski definition) is 2. The lowest BCUT2D eigenvalue weighted by Crippen LogP contribution is -2.35. The zero-order chi connectivity index (χ0) is 17.4. The molecule has 0 radical (unpaired) electrons. The molecular formula is C17H19Cl2N5O. The van der Waals surface area contributed by atoms with E-state index in [1.807, 2.05) is 6.07 Å². The van der Waals surface area contributed by atoms with E-state index in [4.69, 9.17) is 23.2 Å². The van der Waals surface area contributed by atoms with Crippen molar-refractivity contribution in [3.63, 3.8) is 0 Å². The standard InChI is InChI=1S/C17H19Cl2N5O/c18-11-5-14(19)17(20-7-11)23-12-3-10(4-12)15-6-16(22-9-21-15)24-2-1-13(25)8-24/h5-7,9-10,12-13,25H,1-4,8H2,(H,20,23)/t10?,12?,13-/m0/s1. The number of rotatable bonds is 4. The monoisotopic (exact) mass is 379 g/mol. The first kappa shape index (κ1) is 16.8. The Morgan fingerprint density at radius 1 is 1.16 bits per heavy atom. The number of aliphatic hydroxyl groups is 1. The minimum Gasteiger partial charge on any atom is -0.391 e. The number of aliphatic hydroxyl groups excluding tert-OH is 1. The van der Waals surface area contributed by atoms with Crippen molar-refractivity contribution < 1.29 is 5.11 Å². The normalized spacial score (nSPS) is 25.7. The smallest absolute Gasteiger partial charge is 0.145 e. The Balaban J connectivity index is 1.37. The van der Waals surface area contributed by atoms with Crippen LogP contribution in [0, 0.1) is 0 Å². The van der Waals surface area contributed by atoms with E-state index < -0.39 is 0 Å². The number of β-amino-alcohol motifs (C(OH)–C–C–N with tert-alkyl or cyclic N) is 1. The first-order valence-corrected chi connectivity index (χ1v) is 9.16. The molecule has 0 spiro atoms. The Bertz CT molecular complexity index is 768. The van der Waals surface area contributed by atoms with Crippen LogP contribution in [0.25, 0.3) is 0 Å². The maximum atomic E-state index is 9.69. The van der Waals surface area contributed by atoms with E-state index in [9.17, 15) is 5.11 Å². The van der Waals surface area contributed by atoms with E-state index in [0.717, 1.165) is 37.3 Å². The lowest BCUT2D eigenvalue weighted by atomic mass is 9.78. The Morgan fingerprint density at radius 2 is 2.00 bits per heavy atom. The third-order valence-corrected chi connectivity index (χ3v) is 5.36. The maximum Gasteiger partial charge on any atom is 0.145 e. The van der Waals surface area contributed by atoms with E-state index in [2.05, 4.69) is 25.2 Å². The highest BCUT2D eigenvalue weighted by atomic mass is 35.5. The minimum absolute atomic E-state index is 0.257. The second-order valence-electron chi connectivity index (χ2n) is 6.68. The number of nitrogens with zero attached hydrogens (tertiary/aromatic N) is 4. The van der Waals surface area contributed by atoms with E-state index in [1.54, 1.807) is 18.6 Å². The summed E-state index contributed by atoms with van der Waals surface area (Å²) in [6.45, 7) is 1.49. The molecule has 2 N–H and O–H groups in total. The maximum absolute atomic E-state index is 9.69. The lowest BCUT2D eigenvalue weighted by molar-refractivity contribution is 0.198. The third kappa shape index (κ3) is 3.66. The van der Waals surface area contributed by atoms with Crippen LogP contribution in [-0.2, 0) is 0 Å². The van der Waals surface area contributed by atoms with Crippen molar-refractivity contribution >= 4 is 34.8 Å². The lowest BCUT2D eigenvalue weighted by Gasteiger charge is -2.36. The molecule has 2 aromatic rings. The van der Waals surface area contributed by atoms with Crippen LogP contribution in [0.2, 0.25) is 10.0 Å². The highest BCUT2D eigenvalue weighted by molar-refractivity contribution is 6.35. The predicted octanol–water partition coefficient (Wildman–Crippen LogP) is 3.11. The Kier molecular flexibility index (Phi) is 4.67. The van der Waals surface area contributed by atoms with Gasteiger partial charge >= 0.3 is 0 Å². The highest BCUT2D eigenvalue weighted by Gasteiger charge is 2.32. The highest BCUT2D eigenvalue weighted by Crippen LogP contribution is 2.39. The Hall–Kier alpha value is -1.63. The summed E-state index contributed by atoms with van der Waals surface area (Å²) < 4.78 is 0. The molecule has 2 aliphatic rings. The summed E-state index contributed by atoms with van der Waals surface area (Å²) in [5.74, 6) is 1.97. The van der Waals surface area contributed by atoms with Gasteiger partial charge in [-0.15, -0.1) is 0 Å². The topological polar surface area (TPSA) is 74.2 Å². The average molecular weight is 380 g/mol. The molecule has 1 saturated heterocycles. The minimum atomic E-state index is -0.257. The summed E-state index contributed by atoms with van der Waals surface area (Å²) in [6, 6.07) is 4.06. The summed E-state index contributed by atoms with van der Waals surface area (Å²) in [5, 5.41) is 14.1. The van der Waals surface area contributed by atoms with Gasteiger partial charge in [-0.3, -0.25) is 0 Å². The number of nitrogens with one attached hydrogen (secondary N) is 1. The molecule has 3 heterocycles. The van der Waals surface area contributed by atoms with Gasteiger partial charge in [0.05, 0.1) is 16.1 Å². The molecule has 0 bridgehead atoms. The van der Waals surface area contributed by atoms with Gasteiger partial charge in [-0.1, -0.05) is 23.2 Å². The van der Waals surface area contributed by atoms with Crippen LogP contribution in [0.1, 0.15) is 30.9 Å². The molecular weight excluding hydrogens is 361 g/mol. The molecule has 1 atom stereocenters. The first-order chi connectivity index (χ1) is 12.1. The molecule has 1 aliphatic carbocycles. The van der Waals surface area contributed by atoms with Crippen LogP contribution >= 0.6 is 23.2 Å². The van der Waals surface area contributed by atoms with Crippen molar-refractivity contribution in [2.24, 2.45) is 0 Å². The zero-order valence-electron chi connectivity index (χ0n) is 13.6.